The fourth-order valence-corrected chi connectivity index (χ4v) is 2.71. The van der Waals surface area contributed by atoms with Crippen LogP contribution in [-0.4, -0.2) is 27.1 Å². The maximum absolute atomic E-state index is 11.6. The molecule has 2 rings (SSSR count). The molecular formula is C15H17Cl3N2O6. The van der Waals surface area contributed by atoms with Gasteiger partial charge in [-0.25, -0.2) is 9.59 Å². The maximum Gasteiger partial charge on any atom is 0.334 e. The van der Waals surface area contributed by atoms with E-state index < -0.39 is 22.8 Å². The molecule has 0 radical (unpaired) electrons. The SMILES string of the molecule is CC1=C(C(=O)O)C(c2cccc([N+](=O)[O-])c2)C(C(=O)O)=C(C)N1.Cl.Cl.Cl. The fraction of sp³-hybridized carbons (Fsp3) is 0.200. The predicted molar refractivity (Wildman–Crippen MR) is 101 cm³/mol. The number of benzene rings is 1. The number of nitro benzene ring substituents is 1. The third-order valence-corrected chi connectivity index (χ3v) is 3.64. The number of hydrogen-bond acceptors (Lipinski definition) is 5. The van der Waals surface area contributed by atoms with Gasteiger partial charge < -0.3 is 15.5 Å². The smallest absolute Gasteiger partial charge is 0.334 e. The molecule has 0 aliphatic carbocycles. The van der Waals surface area contributed by atoms with Crippen LogP contribution in [0.5, 0.6) is 0 Å². The average molecular weight is 428 g/mol. The van der Waals surface area contributed by atoms with Crippen LogP contribution in [0.3, 0.4) is 0 Å². The van der Waals surface area contributed by atoms with E-state index in [4.69, 9.17) is 0 Å². The third kappa shape index (κ3) is 4.87. The van der Waals surface area contributed by atoms with E-state index >= 15 is 0 Å². The van der Waals surface area contributed by atoms with Gasteiger partial charge in [0.1, 0.15) is 0 Å². The number of carbonyl (C=O) groups is 2. The molecule has 144 valence electrons. The summed E-state index contributed by atoms with van der Waals surface area (Å²) in [7, 11) is 0. The van der Waals surface area contributed by atoms with Gasteiger partial charge in [0, 0.05) is 23.5 Å². The summed E-state index contributed by atoms with van der Waals surface area (Å²) in [4.78, 5) is 33.5. The van der Waals surface area contributed by atoms with Gasteiger partial charge in [-0.15, -0.1) is 37.2 Å². The molecule has 0 spiro atoms. The lowest BCUT2D eigenvalue weighted by Crippen LogP contribution is -2.31. The van der Waals surface area contributed by atoms with E-state index in [0.29, 0.717) is 11.4 Å². The summed E-state index contributed by atoms with van der Waals surface area (Å²) >= 11 is 0. The van der Waals surface area contributed by atoms with Gasteiger partial charge in [-0.2, -0.15) is 0 Å². The number of nitro groups is 1. The number of halogens is 3. The van der Waals surface area contributed by atoms with E-state index in [0.717, 1.165) is 0 Å². The molecule has 0 unspecified atom stereocenters. The monoisotopic (exact) mass is 426 g/mol. The van der Waals surface area contributed by atoms with Gasteiger partial charge in [0.2, 0.25) is 0 Å². The Labute approximate surface area is 167 Å². The number of dihydropyridines is 1. The largest absolute Gasteiger partial charge is 0.478 e. The van der Waals surface area contributed by atoms with Gasteiger partial charge in [0.25, 0.3) is 5.69 Å². The van der Waals surface area contributed by atoms with Gasteiger partial charge in [-0.1, -0.05) is 12.1 Å². The first-order valence-electron chi connectivity index (χ1n) is 6.63. The Balaban J connectivity index is 0. The Kier molecular flexibility index (Phi) is 9.98. The van der Waals surface area contributed by atoms with E-state index in [-0.39, 0.29) is 59.6 Å². The molecule has 0 atom stereocenters. The van der Waals surface area contributed by atoms with Gasteiger partial charge in [0.05, 0.1) is 22.0 Å². The molecule has 0 saturated carbocycles. The molecule has 1 aliphatic rings. The third-order valence-electron chi connectivity index (χ3n) is 3.64. The Bertz CT molecular complexity index is 755. The van der Waals surface area contributed by atoms with Crippen molar-refractivity contribution in [3.8, 4) is 0 Å². The minimum absolute atomic E-state index is 0. The predicted octanol–water partition coefficient (Wildman–Crippen LogP) is 3.26. The summed E-state index contributed by atoms with van der Waals surface area (Å²) in [6.45, 7) is 3.05. The molecule has 1 aliphatic heterocycles. The molecule has 26 heavy (non-hydrogen) atoms. The van der Waals surface area contributed by atoms with Gasteiger partial charge in [0.15, 0.2) is 0 Å². The van der Waals surface area contributed by atoms with E-state index in [2.05, 4.69) is 5.32 Å². The highest BCUT2D eigenvalue weighted by atomic mass is 35.5. The summed E-state index contributed by atoms with van der Waals surface area (Å²) in [6.07, 6.45) is 0. The van der Waals surface area contributed by atoms with E-state index in [1.54, 1.807) is 0 Å². The molecule has 0 aromatic heterocycles. The van der Waals surface area contributed by atoms with Gasteiger partial charge in [-0.05, 0) is 19.4 Å². The first kappa shape index (κ1) is 25.9. The molecule has 0 saturated heterocycles. The van der Waals surface area contributed by atoms with Crippen LogP contribution < -0.4 is 5.32 Å². The number of carboxylic acid groups (broad SMARTS) is 2. The average Bonchev–Trinajstić information content (AvgIpc) is 2.45. The first-order valence-corrected chi connectivity index (χ1v) is 6.63. The van der Waals surface area contributed by atoms with Crippen molar-refractivity contribution in [3.05, 3.63) is 62.5 Å². The number of carboxylic acids is 2. The minimum atomic E-state index is -1.28. The van der Waals surface area contributed by atoms with E-state index in [1.165, 1.54) is 38.1 Å². The van der Waals surface area contributed by atoms with Crippen molar-refractivity contribution in [1.29, 1.82) is 0 Å². The number of nitrogens with zero attached hydrogens (tertiary/aromatic N) is 1. The number of allylic oxidation sites excluding steroid dienone is 2. The second kappa shape index (κ2) is 10.0. The number of hydrogen-bond donors (Lipinski definition) is 3. The molecule has 1 aromatic rings. The van der Waals surface area contributed by atoms with Gasteiger partial charge in [-0.3, -0.25) is 10.1 Å². The zero-order valence-corrected chi connectivity index (χ0v) is 16.0. The van der Waals surface area contributed by atoms with Crippen molar-refractivity contribution < 1.29 is 24.7 Å². The highest BCUT2D eigenvalue weighted by molar-refractivity contribution is 5.98. The van der Waals surface area contributed by atoms with E-state index in [1.807, 2.05) is 0 Å². The summed E-state index contributed by atoms with van der Waals surface area (Å²) in [5.41, 5.74) is 0.329. The number of non-ortho nitro benzene ring substituents is 1. The van der Waals surface area contributed by atoms with Crippen molar-refractivity contribution in [2.45, 2.75) is 19.8 Å². The van der Waals surface area contributed by atoms with Crippen molar-refractivity contribution in [1.82, 2.24) is 5.32 Å². The number of rotatable bonds is 4. The lowest BCUT2D eigenvalue weighted by atomic mass is 9.80. The maximum atomic E-state index is 11.6. The standard InChI is InChI=1S/C15H14N2O6.3ClH/c1-7-11(14(18)19)13(12(15(20)21)8(2)16-7)9-4-3-5-10(6-9)17(22)23;;;/h3-6,13,16H,1-2H3,(H,18,19)(H,20,21);3*1H. The zero-order chi connectivity index (χ0) is 17.3. The normalized spacial score (nSPS) is 13.6. The fourth-order valence-electron chi connectivity index (χ4n) is 2.71. The zero-order valence-electron chi connectivity index (χ0n) is 13.6. The number of nitrogens with one attached hydrogen (secondary N) is 1. The van der Waals surface area contributed by atoms with Crippen LogP contribution in [-0.2, 0) is 9.59 Å². The summed E-state index contributed by atoms with van der Waals surface area (Å²) in [5.74, 6) is -3.65. The van der Waals surface area contributed by atoms with Crippen LogP contribution in [0.1, 0.15) is 25.3 Å². The summed E-state index contributed by atoms with van der Waals surface area (Å²) < 4.78 is 0. The lowest BCUT2D eigenvalue weighted by Gasteiger charge is -2.28. The Morgan fingerprint density at radius 3 is 1.88 bits per heavy atom. The number of aliphatic carboxylic acids is 2. The molecule has 0 fully saturated rings. The van der Waals surface area contributed by atoms with Crippen LogP contribution >= 0.6 is 37.2 Å². The van der Waals surface area contributed by atoms with Crippen molar-refractivity contribution in [2.75, 3.05) is 0 Å². The summed E-state index contributed by atoms with van der Waals surface area (Å²) in [5, 5.41) is 32.6. The molecular weight excluding hydrogens is 411 g/mol. The Hall–Kier alpha value is -2.29. The molecule has 3 N–H and O–H groups in total. The van der Waals surface area contributed by atoms with E-state index in [9.17, 15) is 29.9 Å². The van der Waals surface area contributed by atoms with Gasteiger partial charge >= 0.3 is 11.9 Å². The van der Waals surface area contributed by atoms with Crippen LogP contribution in [0.15, 0.2) is 46.8 Å². The molecule has 8 nitrogen and oxygen atoms in total. The molecule has 0 amide bonds. The van der Waals surface area contributed by atoms with Crippen LogP contribution in [0, 0.1) is 10.1 Å². The highest BCUT2D eigenvalue weighted by Gasteiger charge is 2.36. The first-order chi connectivity index (χ1) is 10.7. The van der Waals surface area contributed by atoms with Crippen molar-refractivity contribution in [3.63, 3.8) is 0 Å². The second-order valence-corrected chi connectivity index (χ2v) is 5.10. The van der Waals surface area contributed by atoms with Crippen LogP contribution in [0.2, 0.25) is 0 Å². The lowest BCUT2D eigenvalue weighted by molar-refractivity contribution is -0.384. The quantitative estimate of drug-likeness (QED) is 0.496. The molecule has 1 aromatic carbocycles. The molecule has 0 bridgehead atoms. The Morgan fingerprint density at radius 1 is 1.04 bits per heavy atom. The minimum Gasteiger partial charge on any atom is -0.478 e. The van der Waals surface area contributed by atoms with Crippen LogP contribution in [0.25, 0.3) is 0 Å². The van der Waals surface area contributed by atoms with Crippen molar-refractivity contribution in [2.24, 2.45) is 0 Å². The second-order valence-electron chi connectivity index (χ2n) is 5.10. The molecule has 1 heterocycles. The Morgan fingerprint density at radius 2 is 1.50 bits per heavy atom. The molecule has 11 heteroatoms. The highest BCUT2D eigenvalue weighted by Crippen LogP contribution is 2.39. The summed E-state index contributed by atoms with van der Waals surface area (Å²) in [6, 6.07) is 5.34. The topological polar surface area (TPSA) is 130 Å². The van der Waals surface area contributed by atoms with Crippen molar-refractivity contribution >= 4 is 54.8 Å². The van der Waals surface area contributed by atoms with Crippen LogP contribution in [0.4, 0.5) is 5.69 Å².